The van der Waals surface area contributed by atoms with E-state index in [0.29, 0.717) is 53.6 Å². The molecule has 2 aliphatic heterocycles. The number of fused-ring (bicyclic) bond motifs is 2. The molecule has 0 saturated carbocycles. The highest BCUT2D eigenvalue weighted by atomic mass is 35.5. The first-order valence-electron chi connectivity index (χ1n) is 11.0. The second-order valence-electron chi connectivity index (χ2n) is 8.28. The summed E-state index contributed by atoms with van der Waals surface area (Å²) in [5.41, 5.74) is 3.17. The van der Waals surface area contributed by atoms with E-state index in [1.807, 2.05) is 18.4 Å². The van der Waals surface area contributed by atoms with Crippen LogP contribution in [0.15, 0.2) is 53.1 Å². The van der Waals surface area contributed by atoms with E-state index >= 15 is 0 Å². The van der Waals surface area contributed by atoms with Gasteiger partial charge in [0.1, 0.15) is 6.04 Å². The summed E-state index contributed by atoms with van der Waals surface area (Å²) in [5.74, 6) is 0.184. The highest BCUT2D eigenvalue weighted by molar-refractivity contribution is 7.98. The molecule has 2 aromatic carbocycles. The Hall–Kier alpha value is -3.10. The first-order valence-corrected chi connectivity index (χ1v) is 12.7. The second kappa shape index (κ2) is 9.27. The number of carbonyl (C=O) groups excluding carboxylic acids is 3. The fourth-order valence-electron chi connectivity index (χ4n) is 4.52. The Kier molecular flexibility index (Phi) is 6.18. The van der Waals surface area contributed by atoms with E-state index in [0.717, 1.165) is 21.7 Å². The van der Waals surface area contributed by atoms with E-state index in [4.69, 9.17) is 16.1 Å². The van der Waals surface area contributed by atoms with Gasteiger partial charge in [-0.25, -0.2) is 0 Å². The Morgan fingerprint density at radius 3 is 2.44 bits per heavy atom. The van der Waals surface area contributed by atoms with Gasteiger partial charge in [0.05, 0.1) is 23.4 Å². The van der Waals surface area contributed by atoms with Gasteiger partial charge < -0.3 is 9.42 Å². The van der Waals surface area contributed by atoms with Crippen molar-refractivity contribution in [3.63, 3.8) is 0 Å². The Morgan fingerprint density at radius 2 is 1.79 bits per heavy atom. The van der Waals surface area contributed by atoms with E-state index in [1.165, 1.54) is 0 Å². The average Bonchev–Trinajstić information content (AvgIpc) is 3.39. The van der Waals surface area contributed by atoms with Crippen molar-refractivity contribution in [2.24, 2.45) is 0 Å². The number of imide groups is 1. The standard InChI is InChI=1S/C25H22ClN3O4S/c1-34-13-11-21(29-23(30)17-4-2-3-5-18(17)24(29)31)25(32)28-12-10-20-19(14-28)22(33-27-20)15-6-8-16(26)9-7-15/h2-9,21H,10-14H2,1H3. The van der Waals surface area contributed by atoms with Crippen LogP contribution in [0.25, 0.3) is 11.3 Å². The number of benzene rings is 2. The smallest absolute Gasteiger partial charge is 0.262 e. The van der Waals surface area contributed by atoms with E-state index < -0.39 is 17.9 Å². The molecule has 0 N–H and O–H groups in total. The molecule has 2 aliphatic rings. The van der Waals surface area contributed by atoms with Gasteiger partial charge in [0, 0.05) is 29.1 Å². The van der Waals surface area contributed by atoms with Gasteiger partial charge in [-0.1, -0.05) is 28.9 Å². The summed E-state index contributed by atoms with van der Waals surface area (Å²) >= 11 is 7.59. The quantitative estimate of drug-likeness (QED) is 0.474. The van der Waals surface area contributed by atoms with Gasteiger partial charge in [0.2, 0.25) is 5.91 Å². The molecule has 174 valence electrons. The Bertz CT molecular complexity index is 1240. The van der Waals surface area contributed by atoms with Gasteiger partial charge in [0.15, 0.2) is 5.76 Å². The lowest BCUT2D eigenvalue weighted by atomic mass is 10.0. The third kappa shape index (κ3) is 3.91. The second-order valence-corrected chi connectivity index (χ2v) is 9.70. The normalized spacial score (nSPS) is 15.9. The number of halogens is 1. The van der Waals surface area contributed by atoms with Crippen LogP contribution in [0.1, 0.15) is 38.4 Å². The average molecular weight is 496 g/mol. The number of rotatable bonds is 6. The van der Waals surface area contributed by atoms with Gasteiger partial charge in [0.25, 0.3) is 11.8 Å². The van der Waals surface area contributed by atoms with Crippen LogP contribution in [0.3, 0.4) is 0 Å². The van der Waals surface area contributed by atoms with Gasteiger partial charge in [-0.05, 0) is 54.8 Å². The number of hydrogen-bond acceptors (Lipinski definition) is 6. The zero-order valence-electron chi connectivity index (χ0n) is 18.5. The molecule has 0 bridgehead atoms. The molecule has 9 heteroatoms. The third-order valence-electron chi connectivity index (χ3n) is 6.27. The maximum atomic E-state index is 13.8. The van der Waals surface area contributed by atoms with Gasteiger partial charge in [-0.2, -0.15) is 11.8 Å². The highest BCUT2D eigenvalue weighted by Gasteiger charge is 2.44. The minimum atomic E-state index is -0.861. The van der Waals surface area contributed by atoms with Crippen molar-refractivity contribution in [3.8, 4) is 11.3 Å². The molecule has 1 atom stereocenters. The maximum absolute atomic E-state index is 13.8. The molecule has 3 heterocycles. The molecule has 1 aromatic heterocycles. The monoisotopic (exact) mass is 495 g/mol. The topological polar surface area (TPSA) is 83.7 Å². The summed E-state index contributed by atoms with van der Waals surface area (Å²) in [4.78, 5) is 42.8. The number of thioether (sulfide) groups is 1. The molecule has 3 amide bonds. The van der Waals surface area contributed by atoms with E-state index in [1.54, 1.807) is 53.1 Å². The van der Waals surface area contributed by atoms with E-state index in [-0.39, 0.29) is 5.91 Å². The van der Waals surface area contributed by atoms with Gasteiger partial charge in [-0.3, -0.25) is 19.3 Å². The van der Waals surface area contributed by atoms with Crippen LogP contribution in [0.2, 0.25) is 5.02 Å². The Labute approximate surface area is 206 Å². The van der Waals surface area contributed by atoms with Crippen LogP contribution >= 0.6 is 23.4 Å². The van der Waals surface area contributed by atoms with Crippen molar-refractivity contribution >= 4 is 41.1 Å². The molecule has 0 saturated heterocycles. The van der Waals surface area contributed by atoms with E-state index in [2.05, 4.69) is 5.16 Å². The molecule has 1 unspecified atom stereocenters. The molecule has 0 aliphatic carbocycles. The van der Waals surface area contributed by atoms with Crippen LogP contribution in [-0.2, 0) is 17.8 Å². The Balaban J connectivity index is 1.43. The highest BCUT2D eigenvalue weighted by Crippen LogP contribution is 2.33. The van der Waals surface area contributed by atoms with Crippen molar-refractivity contribution in [1.29, 1.82) is 0 Å². The van der Waals surface area contributed by atoms with Crippen molar-refractivity contribution in [3.05, 3.63) is 75.9 Å². The lowest BCUT2D eigenvalue weighted by Gasteiger charge is -2.33. The summed E-state index contributed by atoms with van der Waals surface area (Å²) in [6.07, 6.45) is 2.87. The molecular formula is C25H22ClN3O4S. The van der Waals surface area contributed by atoms with Crippen LogP contribution in [-0.4, -0.2) is 57.3 Å². The van der Waals surface area contributed by atoms with Crippen molar-refractivity contribution in [1.82, 2.24) is 15.0 Å². The number of nitrogens with zero attached hydrogens (tertiary/aromatic N) is 3. The van der Waals surface area contributed by atoms with Crippen molar-refractivity contribution in [2.45, 2.75) is 25.4 Å². The molecule has 34 heavy (non-hydrogen) atoms. The van der Waals surface area contributed by atoms with Crippen molar-refractivity contribution < 1.29 is 18.9 Å². The summed E-state index contributed by atoms with van der Waals surface area (Å²) in [6.45, 7) is 0.742. The zero-order valence-corrected chi connectivity index (χ0v) is 20.1. The molecule has 3 aromatic rings. The van der Waals surface area contributed by atoms with Gasteiger partial charge in [-0.15, -0.1) is 0 Å². The lowest BCUT2D eigenvalue weighted by molar-refractivity contribution is -0.136. The molecule has 0 spiro atoms. The minimum Gasteiger partial charge on any atom is -0.356 e. The third-order valence-corrected chi connectivity index (χ3v) is 7.17. The zero-order chi connectivity index (χ0) is 23.8. The van der Waals surface area contributed by atoms with Crippen LogP contribution in [0, 0.1) is 0 Å². The number of amides is 3. The predicted octanol–water partition coefficient (Wildman–Crippen LogP) is 4.30. The molecule has 0 fully saturated rings. The summed E-state index contributed by atoms with van der Waals surface area (Å²) < 4.78 is 5.62. The summed E-state index contributed by atoms with van der Waals surface area (Å²) in [7, 11) is 0. The minimum absolute atomic E-state index is 0.238. The van der Waals surface area contributed by atoms with Crippen LogP contribution < -0.4 is 0 Å². The maximum Gasteiger partial charge on any atom is 0.262 e. The van der Waals surface area contributed by atoms with E-state index in [9.17, 15) is 14.4 Å². The fourth-order valence-corrected chi connectivity index (χ4v) is 5.11. The van der Waals surface area contributed by atoms with Crippen LogP contribution in [0.4, 0.5) is 0 Å². The number of carbonyl (C=O) groups is 3. The molecular weight excluding hydrogens is 474 g/mol. The first-order chi connectivity index (χ1) is 16.5. The summed E-state index contributed by atoms with van der Waals surface area (Å²) in [5, 5.41) is 4.82. The number of hydrogen-bond donors (Lipinski definition) is 0. The predicted molar refractivity (Wildman–Crippen MR) is 130 cm³/mol. The SMILES string of the molecule is CSCCC(C(=O)N1CCc2noc(-c3ccc(Cl)cc3)c2C1)N1C(=O)c2ccccc2C1=O. The van der Waals surface area contributed by atoms with Crippen molar-refractivity contribution in [2.75, 3.05) is 18.6 Å². The molecule has 0 radical (unpaired) electrons. The number of aromatic nitrogens is 1. The van der Waals surface area contributed by atoms with Crippen LogP contribution in [0.5, 0.6) is 0 Å². The molecule has 5 rings (SSSR count). The Morgan fingerprint density at radius 1 is 1.12 bits per heavy atom. The molecule has 7 nitrogen and oxygen atoms in total. The lowest BCUT2D eigenvalue weighted by Crippen LogP contribution is -2.52. The fraction of sp³-hybridized carbons (Fsp3) is 0.280. The largest absolute Gasteiger partial charge is 0.356 e. The van der Waals surface area contributed by atoms with Gasteiger partial charge >= 0.3 is 0 Å². The summed E-state index contributed by atoms with van der Waals surface area (Å²) in [6, 6.07) is 13.1. The first kappa shape index (κ1) is 22.7.